The maximum Gasteiger partial charge on any atom is 0.274 e. The third kappa shape index (κ3) is 1.45. The molecule has 1 saturated carbocycles. The minimum atomic E-state index is 0.0535. The lowest BCUT2D eigenvalue weighted by molar-refractivity contribution is 0.0693. The molecule has 1 aliphatic heterocycles. The second-order valence-corrected chi connectivity index (χ2v) is 5.26. The van der Waals surface area contributed by atoms with Crippen molar-refractivity contribution in [1.29, 1.82) is 0 Å². The number of nitrogens with two attached hydrogens (primary N) is 1. The third-order valence-electron chi connectivity index (χ3n) is 4.14. The number of nitrogen functional groups attached to an aromatic ring is 1. The fourth-order valence-electron chi connectivity index (χ4n) is 3.24. The molecule has 1 aliphatic carbocycles. The van der Waals surface area contributed by atoms with Gasteiger partial charge in [-0.3, -0.25) is 9.48 Å². The van der Waals surface area contributed by atoms with E-state index < -0.39 is 0 Å². The van der Waals surface area contributed by atoms with E-state index in [1.54, 1.807) is 11.7 Å². The lowest BCUT2D eigenvalue weighted by atomic mass is 10.1. The van der Waals surface area contributed by atoms with Gasteiger partial charge in [-0.1, -0.05) is 0 Å². The van der Waals surface area contributed by atoms with E-state index in [4.69, 9.17) is 5.73 Å². The maximum atomic E-state index is 12.5. The summed E-state index contributed by atoms with van der Waals surface area (Å²) in [7, 11) is 1.78. The fourth-order valence-corrected chi connectivity index (χ4v) is 3.24. The zero-order valence-electron chi connectivity index (χ0n) is 10.3. The number of carbonyl (C=O) groups excluding carboxylic acids is 1. The Morgan fingerprint density at radius 2 is 2.24 bits per heavy atom. The van der Waals surface area contributed by atoms with Crippen LogP contribution in [-0.4, -0.2) is 33.2 Å². The van der Waals surface area contributed by atoms with Gasteiger partial charge in [-0.2, -0.15) is 5.10 Å². The molecule has 0 aromatic carbocycles. The first-order chi connectivity index (χ1) is 8.08. The quantitative estimate of drug-likeness (QED) is 0.786. The molecule has 1 aromatic heterocycles. The van der Waals surface area contributed by atoms with Crippen LogP contribution in [0, 0.1) is 12.8 Å². The molecule has 1 saturated heterocycles. The highest BCUT2D eigenvalue weighted by molar-refractivity contribution is 5.98. The van der Waals surface area contributed by atoms with Gasteiger partial charge in [0, 0.05) is 19.6 Å². The first-order valence-electron chi connectivity index (χ1n) is 6.18. The van der Waals surface area contributed by atoms with Gasteiger partial charge in [-0.25, -0.2) is 0 Å². The minimum Gasteiger partial charge on any atom is -0.395 e. The molecule has 5 nitrogen and oxygen atoms in total. The van der Waals surface area contributed by atoms with Gasteiger partial charge in [0.05, 0.1) is 11.4 Å². The molecule has 0 spiro atoms. The molecule has 3 rings (SSSR count). The second kappa shape index (κ2) is 3.48. The van der Waals surface area contributed by atoms with Crippen LogP contribution in [-0.2, 0) is 7.05 Å². The summed E-state index contributed by atoms with van der Waals surface area (Å²) in [5, 5.41) is 4.21. The van der Waals surface area contributed by atoms with Crippen LogP contribution in [0.25, 0.3) is 0 Å². The van der Waals surface area contributed by atoms with Crippen molar-refractivity contribution in [2.75, 3.05) is 12.3 Å². The highest BCUT2D eigenvalue weighted by atomic mass is 16.2. The lowest BCUT2D eigenvalue weighted by Gasteiger charge is -2.27. The molecule has 2 atom stereocenters. The molecule has 1 aromatic rings. The van der Waals surface area contributed by atoms with E-state index in [9.17, 15) is 4.79 Å². The Balaban J connectivity index is 1.92. The number of hydrogen-bond donors (Lipinski definition) is 1. The fraction of sp³-hybridized carbons (Fsp3) is 0.667. The Bertz CT molecular complexity index is 479. The van der Waals surface area contributed by atoms with E-state index in [0.29, 0.717) is 23.3 Å². The number of aryl methyl sites for hydroxylation is 2. The van der Waals surface area contributed by atoms with Crippen LogP contribution in [0.4, 0.5) is 5.69 Å². The van der Waals surface area contributed by atoms with E-state index in [-0.39, 0.29) is 5.91 Å². The lowest BCUT2D eigenvalue weighted by Crippen LogP contribution is -2.38. The van der Waals surface area contributed by atoms with Crippen molar-refractivity contribution in [3.05, 3.63) is 11.4 Å². The van der Waals surface area contributed by atoms with Crippen LogP contribution in [0.2, 0.25) is 0 Å². The van der Waals surface area contributed by atoms with Crippen LogP contribution in [0.5, 0.6) is 0 Å². The molecular weight excluding hydrogens is 216 g/mol. The van der Waals surface area contributed by atoms with Gasteiger partial charge in [0.15, 0.2) is 0 Å². The summed E-state index contributed by atoms with van der Waals surface area (Å²) < 4.78 is 1.61. The Labute approximate surface area is 101 Å². The number of hydrogen-bond acceptors (Lipinski definition) is 3. The normalized spacial score (nSPS) is 26.8. The van der Waals surface area contributed by atoms with E-state index in [0.717, 1.165) is 18.7 Å². The summed E-state index contributed by atoms with van der Waals surface area (Å²) in [4.78, 5) is 14.5. The number of nitrogens with zero attached hydrogens (tertiary/aromatic N) is 3. The summed E-state index contributed by atoms with van der Waals surface area (Å²) in [6, 6.07) is 0.433. The van der Waals surface area contributed by atoms with Crippen LogP contribution in [0.3, 0.4) is 0 Å². The Hall–Kier alpha value is -1.52. The summed E-state index contributed by atoms with van der Waals surface area (Å²) in [6.07, 6.45) is 3.59. The van der Waals surface area contributed by atoms with Crippen LogP contribution >= 0.6 is 0 Å². The van der Waals surface area contributed by atoms with E-state index in [1.807, 2.05) is 11.8 Å². The number of amides is 1. The highest BCUT2D eigenvalue weighted by Crippen LogP contribution is 2.38. The standard InChI is InChI=1S/C12H18N4O/c1-7-10(13)11(15(2)14-7)12(17)16-6-8-3-4-9(16)5-8/h8-9H,3-6,13H2,1-2H3. The number of likely N-dealkylation sites (tertiary alicyclic amines) is 1. The number of anilines is 1. The smallest absolute Gasteiger partial charge is 0.274 e. The molecule has 2 unspecified atom stereocenters. The van der Waals surface area contributed by atoms with Gasteiger partial charge >= 0.3 is 0 Å². The van der Waals surface area contributed by atoms with Crippen LogP contribution < -0.4 is 5.73 Å². The molecule has 2 bridgehead atoms. The second-order valence-electron chi connectivity index (χ2n) is 5.26. The van der Waals surface area contributed by atoms with Gasteiger partial charge in [-0.15, -0.1) is 0 Å². The van der Waals surface area contributed by atoms with Gasteiger partial charge in [0.25, 0.3) is 5.91 Å². The van der Waals surface area contributed by atoms with Crippen molar-refractivity contribution >= 4 is 11.6 Å². The van der Waals surface area contributed by atoms with Crippen LogP contribution in [0.15, 0.2) is 0 Å². The molecule has 2 heterocycles. The first kappa shape index (κ1) is 10.6. The Morgan fingerprint density at radius 1 is 1.47 bits per heavy atom. The number of aromatic nitrogens is 2. The Kier molecular flexibility index (Phi) is 2.18. The summed E-state index contributed by atoms with van der Waals surface area (Å²) in [5.41, 5.74) is 7.75. The van der Waals surface area contributed by atoms with Crippen molar-refractivity contribution in [2.24, 2.45) is 13.0 Å². The van der Waals surface area contributed by atoms with Gasteiger partial charge in [0.1, 0.15) is 5.69 Å². The Morgan fingerprint density at radius 3 is 2.71 bits per heavy atom. The van der Waals surface area contributed by atoms with E-state index in [1.165, 1.54) is 12.8 Å². The summed E-state index contributed by atoms with van der Waals surface area (Å²) in [6.45, 7) is 2.73. The molecule has 5 heteroatoms. The number of piperidine rings is 1. The van der Waals surface area contributed by atoms with Gasteiger partial charge < -0.3 is 10.6 Å². The summed E-state index contributed by atoms with van der Waals surface area (Å²) >= 11 is 0. The predicted molar refractivity (Wildman–Crippen MR) is 64.5 cm³/mol. The van der Waals surface area contributed by atoms with Crippen molar-refractivity contribution < 1.29 is 4.79 Å². The number of carbonyl (C=O) groups is 1. The predicted octanol–water partition coefficient (Wildman–Crippen LogP) is 0.935. The maximum absolute atomic E-state index is 12.5. The molecule has 1 amide bonds. The number of rotatable bonds is 1. The number of fused-ring (bicyclic) bond motifs is 2. The van der Waals surface area contributed by atoms with E-state index in [2.05, 4.69) is 5.10 Å². The molecule has 2 fully saturated rings. The van der Waals surface area contributed by atoms with Gasteiger partial charge in [-0.05, 0) is 32.1 Å². The van der Waals surface area contributed by atoms with E-state index >= 15 is 0 Å². The first-order valence-corrected chi connectivity index (χ1v) is 6.18. The largest absolute Gasteiger partial charge is 0.395 e. The van der Waals surface area contributed by atoms with Crippen molar-refractivity contribution in [1.82, 2.24) is 14.7 Å². The van der Waals surface area contributed by atoms with Crippen LogP contribution in [0.1, 0.15) is 35.4 Å². The highest BCUT2D eigenvalue weighted by Gasteiger charge is 2.41. The molecule has 92 valence electrons. The average molecular weight is 234 g/mol. The molecule has 0 radical (unpaired) electrons. The monoisotopic (exact) mass is 234 g/mol. The van der Waals surface area contributed by atoms with Crippen molar-refractivity contribution in [3.8, 4) is 0 Å². The average Bonchev–Trinajstić information content (AvgIpc) is 2.94. The van der Waals surface area contributed by atoms with Crippen molar-refractivity contribution in [2.45, 2.75) is 32.2 Å². The zero-order chi connectivity index (χ0) is 12.2. The molecule has 2 aliphatic rings. The molecule has 2 N–H and O–H groups in total. The molecule has 17 heavy (non-hydrogen) atoms. The summed E-state index contributed by atoms with van der Waals surface area (Å²) in [5.74, 6) is 0.761. The van der Waals surface area contributed by atoms with Gasteiger partial charge in [0.2, 0.25) is 0 Å². The molecular formula is C12H18N4O. The minimum absolute atomic E-state index is 0.0535. The third-order valence-corrected chi connectivity index (χ3v) is 4.14. The SMILES string of the molecule is Cc1nn(C)c(C(=O)N2CC3CCC2C3)c1N. The van der Waals surface area contributed by atoms with Crippen molar-refractivity contribution in [3.63, 3.8) is 0 Å². The topological polar surface area (TPSA) is 64.2 Å². The zero-order valence-corrected chi connectivity index (χ0v) is 10.3.